The number of hydrogen-bond donors (Lipinski definition) is 1. The number of hydrogen-bond acceptors (Lipinski definition) is 9. The summed E-state index contributed by atoms with van der Waals surface area (Å²) in [5.74, 6) is 0.0619. The number of thiazole rings is 1. The molecule has 11 nitrogen and oxygen atoms in total. The van der Waals surface area contributed by atoms with Gasteiger partial charge in [0.1, 0.15) is 23.8 Å². The predicted octanol–water partition coefficient (Wildman–Crippen LogP) is 6.10. The monoisotopic (exact) mass is 720 g/mol. The molecule has 0 radical (unpaired) electrons. The number of aliphatic carboxylic acids is 1. The Labute approximate surface area is 305 Å². The van der Waals surface area contributed by atoms with Crippen LogP contribution in [0.2, 0.25) is 0 Å². The van der Waals surface area contributed by atoms with E-state index in [4.69, 9.17) is 34.2 Å². The van der Waals surface area contributed by atoms with E-state index in [9.17, 15) is 9.59 Å². The molecule has 1 N–H and O–H groups in total. The van der Waals surface area contributed by atoms with E-state index < -0.39 is 18.0 Å². The highest BCUT2D eigenvalue weighted by Crippen LogP contribution is 2.32. The van der Waals surface area contributed by atoms with Crippen molar-refractivity contribution in [2.75, 3.05) is 20.3 Å². The molecule has 0 spiro atoms. The first kappa shape index (κ1) is 37.3. The molecule has 6 rings (SSSR count). The van der Waals surface area contributed by atoms with Gasteiger partial charge < -0.3 is 19.3 Å². The van der Waals surface area contributed by atoms with Crippen LogP contribution < -0.4 is 24.4 Å². The zero-order valence-corrected chi connectivity index (χ0v) is 30.3. The number of aromatic nitrogens is 3. The summed E-state index contributed by atoms with van der Waals surface area (Å²) in [5.41, 5.74) is 4.45. The fraction of sp³-hybridized carbons (Fsp3) is 0.225. The lowest BCUT2D eigenvalue weighted by molar-refractivity contribution is -0.138. The van der Waals surface area contributed by atoms with Crippen molar-refractivity contribution in [3.05, 3.63) is 140 Å². The molecule has 268 valence electrons. The molecular weight excluding hydrogens is 681 g/mol. The second kappa shape index (κ2) is 17.3. The first-order valence-electron chi connectivity index (χ1n) is 16.7. The number of methoxy groups -OCH3 is 1. The third-order valence-electron chi connectivity index (χ3n) is 7.95. The summed E-state index contributed by atoms with van der Waals surface area (Å²) in [6.07, 6.45) is 7.31. The van der Waals surface area contributed by atoms with Crippen molar-refractivity contribution in [1.29, 1.82) is 0 Å². The molecule has 1 unspecified atom stereocenters. The standard InChI is InChI=1S/C38H36N4O5S.C2H4O2/c1-5-7-22-46-31-19-13-26(14-20-31)34-28(24-41(40-34)29-11-9-8-10-12-29)23-32-36(43)42-35(27-15-17-30(45-4)18-16-27)33(37(44)47-21-6-2)25(3)39-38(42)48-32;1-2(3)4/h6,8-20,23-24,35H,2,5,7,21-22H2,1,3-4H3;1H3,(H,3,4)/b32-23-;. The van der Waals surface area contributed by atoms with Crippen molar-refractivity contribution in [1.82, 2.24) is 14.3 Å². The minimum absolute atomic E-state index is 0.0371. The maximum Gasteiger partial charge on any atom is 0.338 e. The van der Waals surface area contributed by atoms with Crippen LogP contribution in [0.3, 0.4) is 0 Å². The summed E-state index contributed by atoms with van der Waals surface area (Å²) in [6, 6.07) is 24.2. The van der Waals surface area contributed by atoms with Crippen LogP contribution in [0, 0.1) is 0 Å². The molecule has 52 heavy (non-hydrogen) atoms. The molecule has 1 aliphatic heterocycles. The third kappa shape index (κ3) is 8.64. The van der Waals surface area contributed by atoms with Crippen LogP contribution in [-0.2, 0) is 14.3 Å². The van der Waals surface area contributed by atoms with Gasteiger partial charge in [0.15, 0.2) is 4.80 Å². The number of carbonyl (C=O) groups is 2. The zero-order chi connectivity index (χ0) is 37.2. The summed E-state index contributed by atoms with van der Waals surface area (Å²) in [4.78, 5) is 41.9. The Bertz CT molecular complexity index is 2250. The van der Waals surface area contributed by atoms with Crippen LogP contribution in [0.15, 0.2) is 119 Å². The molecule has 0 amide bonds. The largest absolute Gasteiger partial charge is 0.497 e. The lowest BCUT2D eigenvalue weighted by atomic mass is 9.96. The fourth-order valence-electron chi connectivity index (χ4n) is 5.51. The predicted molar refractivity (Wildman–Crippen MR) is 201 cm³/mol. The molecule has 5 aromatic rings. The first-order chi connectivity index (χ1) is 25.1. The lowest BCUT2D eigenvalue weighted by Crippen LogP contribution is -2.39. The average molecular weight is 721 g/mol. The number of esters is 1. The minimum Gasteiger partial charge on any atom is -0.497 e. The molecule has 12 heteroatoms. The van der Waals surface area contributed by atoms with E-state index >= 15 is 0 Å². The number of carboxylic acids is 1. The van der Waals surface area contributed by atoms with Crippen molar-refractivity contribution < 1.29 is 28.9 Å². The number of benzene rings is 3. The Balaban J connectivity index is 0.00000124. The highest BCUT2D eigenvalue weighted by Gasteiger charge is 2.33. The van der Waals surface area contributed by atoms with Crippen LogP contribution in [0.5, 0.6) is 11.5 Å². The van der Waals surface area contributed by atoms with Gasteiger partial charge in [-0.3, -0.25) is 14.2 Å². The number of rotatable bonds is 12. The Morgan fingerprint density at radius 2 is 1.69 bits per heavy atom. The van der Waals surface area contributed by atoms with E-state index in [1.54, 1.807) is 30.7 Å². The summed E-state index contributed by atoms with van der Waals surface area (Å²) >= 11 is 1.26. The van der Waals surface area contributed by atoms with Gasteiger partial charge in [-0.25, -0.2) is 14.5 Å². The van der Waals surface area contributed by atoms with Gasteiger partial charge >= 0.3 is 5.97 Å². The molecule has 0 saturated carbocycles. The highest BCUT2D eigenvalue weighted by atomic mass is 32.1. The molecular formula is C40H40N4O7S. The average Bonchev–Trinajstić information content (AvgIpc) is 3.70. The smallest absolute Gasteiger partial charge is 0.338 e. The topological polar surface area (TPSA) is 134 Å². The van der Waals surface area contributed by atoms with Crippen molar-refractivity contribution in [3.8, 4) is 28.4 Å². The molecule has 1 atom stereocenters. The van der Waals surface area contributed by atoms with Gasteiger partial charge in [0.2, 0.25) is 0 Å². The van der Waals surface area contributed by atoms with Gasteiger partial charge in [0.25, 0.3) is 11.5 Å². The van der Waals surface area contributed by atoms with E-state index in [2.05, 4.69) is 13.5 Å². The number of para-hydroxylation sites is 1. The number of fused-ring (bicyclic) bond motifs is 1. The molecule has 0 aliphatic carbocycles. The third-order valence-corrected chi connectivity index (χ3v) is 8.93. The van der Waals surface area contributed by atoms with Gasteiger partial charge in [0.05, 0.1) is 41.2 Å². The van der Waals surface area contributed by atoms with Crippen molar-refractivity contribution in [2.24, 2.45) is 4.99 Å². The molecule has 0 fully saturated rings. The van der Waals surface area contributed by atoms with Gasteiger partial charge in [-0.05, 0) is 73.5 Å². The van der Waals surface area contributed by atoms with Crippen LogP contribution in [-0.4, -0.2) is 51.7 Å². The number of carboxylic acid groups (broad SMARTS) is 1. The Morgan fingerprint density at radius 1 is 1.02 bits per heavy atom. The molecule has 3 heterocycles. The Hall–Kier alpha value is -6.01. The van der Waals surface area contributed by atoms with Gasteiger partial charge in [-0.15, -0.1) is 0 Å². The van der Waals surface area contributed by atoms with E-state index in [-0.39, 0.29) is 12.2 Å². The maximum atomic E-state index is 14.3. The molecule has 0 bridgehead atoms. The summed E-state index contributed by atoms with van der Waals surface area (Å²) in [7, 11) is 1.59. The second-order valence-corrected chi connectivity index (χ2v) is 12.7. The zero-order valence-electron chi connectivity index (χ0n) is 29.4. The Kier molecular flexibility index (Phi) is 12.4. The summed E-state index contributed by atoms with van der Waals surface area (Å²) in [5, 5.41) is 12.4. The number of ether oxygens (including phenoxy) is 3. The normalized spacial score (nSPS) is 13.7. The van der Waals surface area contributed by atoms with Crippen LogP contribution in [0.25, 0.3) is 23.0 Å². The molecule has 3 aromatic carbocycles. The van der Waals surface area contributed by atoms with Gasteiger partial charge in [-0.2, -0.15) is 5.10 Å². The van der Waals surface area contributed by atoms with E-state index in [1.807, 2.05) is 83.7 Å². The molecule has 2 aromatic heterocycles. The molecule has 1 aliphatic rings. The Morgan fingerprint density at radius 3 is 2.33 bits per heavy atom. The number of allylic oxidation sites excluding steroid dienone is 1. The van der Waals surface area contributed by atoms with Gasteiger partial charge in [-0.1, -0.05) is 67.7 Å². The van der Waals surface area contributed by atoms with E-state index in [0.717, 1.165) is 47.9 Å². The van der Waals surface area contributed by atoms with Crippen LogP contribution in [0.1, 0.15) is 50.8 Å². The first-order valence-corrected chi connectivity index (χ1v) is 17.5. The summed E-state index contributed by atoms with van der Waals surface area (Å²) in [6.45, 7) is 9.33. The summed E-state index contributed by atoms with van der Waals surface area (Å²) < 4.78 is 20.5. The van der Waals surface area contributed by atoms with Crippen LogP contribution >= 0.6 is 11.3 Å². The maximum absolute atomic E-state index is 14.3. The minimum atomic E-state index is -0.833. The SMILES string of the molecule is C=CCOC(=O)C1=C(C)N=c2s/c(=C\c3cn(-c4ccccc4)nc3-c3ccc(OCCCC)cc3)c(=O)n2C1c1ccc(OC)cc1.CC(=O)O. The number of unbranched alkanes of at least 4 members (excludes halogenated alkanes) is 1. The lowest BCUT2D eigenvalue weighted by Gasteiger charge is -2.24. The fourth-order valence-corrected chi connectivity index (χ4v) is 6.55. The number of carbonyl (C=O) groups excluding carboxylic acids is 1. The second-order valence-electron chi connectivity index (χ2n) is 11.7. The van der Waals surface area contributed by atoms with Crippen molar-refractivity contribution >= 4 is 29.4 Å². The van der Waals surface area contributed by atoms with Crippen LogP contribution in [0.4, 0.5) is 0 Å². The van der Waals surface area contributed by atoms with Gasteiger partial charge in [0, 0.05) is 24.2 Å². The quantitative estimate of drug-likeness (QED) is 0.0930. The molecule has 0 saturated heterocycles. The number of nitrogens with zero attached hydrogens (tertiary/aromatic N) is 4. The van der Waals surface area contributed by atoms with E-state index in [0.29, 0.717) is 38.7 Å². The van der Waals surface area contributed by atoms with Crippen molar-refractivity contribution in [3.63, 3.8) is 0 Å². The van der Waals surface area contributed by atoms with Crippen molar-refractivity contribution in [2.45, 2.75) is 39.7 Å². The van der Waals surface area contributed by atoms with E-state index in [1.165, 1.54) is 17.4 Å². The highest BCUT2D eigenvalue weighted by molar-refractivity contribution is 7.07.